The number of hydrogen-bond acceptors (Lipinski definition) is 2. The molecular formula is C14H22N2O3. The van der Waals surface area contributed by atoms with Gasteiger partial charge in [0.25, 0.3) is 0 Å². The fourth-order valence-corrected chi connectivity index (χ4v) is 2.45. The molecule has 0 radical (unpaired) electrons. The first-order chi connectivity index (χ1) is 9.08. The van der Waals surface area contributed by atoms with Gasteiger partial charge in [0.05, 0.1) is 6.04 Å². The van der Waals surface area contributed by atoms with E-state index in [-0.39, 0.29) is 12.0 Å². The van der Waals surface area contributed by atoms with Gasteiger partial charge in [-0.05, 0) is 25.2 Å². The van der Waals surface area contributed by atoms with Crippen molar-refractivity contribution in [2.45, 2.75) is 57.5 Å². The van der Waals surface area contributed by atoms with Crippen molar-refractivity contribution in [1.82, 2.24) is 10.6 Å². The molecule has 2 atom stereocenters. The molecule has 0 spiro atoms. The summed E-state index contributed by atoms with van der Waals surface area (Å²) in [6.07, 6.45) is 10.8. The minimum atomic E-state index is -0.976. The number of rotatable bonds is 5. The highest BCUT2D eigenvalue weighted by Gasteiger charge is 2.30. The third-order valence-corrected chi connectivity index (χ3v) is 3.59. The van der Waals surface area contributed by atoms with E-state index in [4.69, 9.17) is 6.42 Å². The van der Waals surface area contributed by atoms with E-state index in [1.54, 1.807) is 0 Å². The summed E-state index contributed by atoms with van der Waals surface area (Å²) in [5.74, 6) is 1.49. The molecule has 1 aliphatic carbocycles. The maximum Gasteiger partial charge on any atom is 0.326 e. The van der Waals surface area contributed by atoms with E-state index in [0.29, 0.717) is 6.42 Å². The van der Waals surface area contributed by atoms with E-state index >= 15 is 0 Å². The van der Waals surface area contributed by atoms with Crippen molar-refractivity contribution in [2.24, 2.45) is 5.92 Å². The first kappa shape index (κ1) is 15.4. The zero-order valence-corrected chi connectivity index (χ0v) is 11.3. The topological polar surface area (TPSA) is 78.4 Å². The standard InChI is InChI=1S/C14H22N2O3/c1-3-11(4-2)15-14(19)16-12(13(17)18)10-8-6-5-7-9-10/h1,10-12H,4-9H2,2H3,(H,17,18)(H2,15,16,19). The SMILES string of the molecule is C#CC(CC)NC(=O)NC(C(=O)O)C1CCCCC1. The number of carbonyl (C=O) groups excluding carboxylic acids is 1. The van der Waals surface area contributed by atoms with E-state index in [2.05, 4.69) is 16.6 Å². The van der Waals surface area contributed by atoms with Crippen LogP contribution in [0.5, 0.6) is 0 Å². The monoisotopic (exact) mass is 266 g/mol. The van der Waals surface area contributed by atoms with Gasteiger partial charge < -0.3 is 15.7 Å². The van der Waals surface area contributed by atoms with Crippen LogP contribution in [-0.2, 0) is 4.79 Å². The minimum Gasteiger partial charge on any atom is -0.480 e. The van der Waals surface area contributed by atoms with Crippen LogP contribution in [0, 0.1) is 18.3 Å². The van der Waals surface area contributed by atoms with E-state index < -0.39 is 18.0 Å². The van der Waals surface area contributed by atoms with Gasteiger partial charge in [-0.3, -0.25) is 0 Å². The lowest BCUT2D eigenvalue weighted by atomic mass is 9.84. The van der Waals surface area contributed by atoms with Gasteiger partial charge in [-0.2, -0.15) is 0 Å². The second-order valence-corrected chi connectivity index (χ2v) is 4.96. The van der Waals surface area contributed by atoms with Crippen molar-refractivity contribution in [3.8, 4) is 12.3 Å². The predicted molar refractivity (Wildman–Crippen MR) is 72.6 cm³/mol. The summed E-state index contributed by atoms with van der Waals surface area (Å²) in [5, 5.41) is 14.4. The quantitative estimate of drug-likeness (QED) is 0.663. The van der Waals surface area contributed by atoms with Crippen LogP contribution in [0.3, 0.4) is 0 Å². The summed E-state index contributed by atoms with van der Waals surface area (Å²) in [6, 6.07) is -1.68. The highest BCUT2D eigenvalue weighted by atomic mass is 16.4. The van der Waals surface area contributed by atoms with Gasteiger partial charge in [-0.1, -0.05) is 32.1 Å². The van der Waals surface area contributed by atoms with Crippen LogP contribution < -0.4 is 10.6 Å². The number of urea groups is 1. The predicted octanol–water partition coefficient (Wildman–Crippen LogP) is 1.73. The minimum absolute atomic E-state index is 0.0166. The second-order valence-electron chi connectivity index (χ2n) is 4.96. The normalized spacial score (nSPS) is 18.9. The molecule has 1 saturated carbocycles. The molecule has 0 saturated heterocycles. The number of aliphatic carboxylic acids is 1. The number of nitrogens with one attached hydrogen (secondary N) is 2. The van der Waals surface area contributed by atoms with Gasteiger partial charge in [0, 0.05) is 0 Å². The third-order valence-electron chi connectivity index (χ3n) is 3.59. The van der Waals surface area contributed by atoms with Crippen molar-refractivity contribution in [3.05, 3.63) is 0 Å². The average Bonchev–Trinajstić information content (AvgIpc) is 2.42. The molecule has 5 heteroatoms. The van der Waals surface area contributed by atoms with Crippen molar-refractivity contribution in [2.75, 3.05) is 0 Å². The Hall–Kier alpha value is -1.70. The first-order valence-electron chi connectivity index (χ1n) is 6.84. The molecular weight excluding hydrogens is 244 g/mol. The number of hydrogen-bond donors (Lipinski definition) is 3. The molecule has 0 aromatic heterocycles. The van der Waals surface area contributed by atoms with Crippen LogP contribution >= 0.6 is 0 Å². The van der Waals surface area contributed by atoms with Crippen molar-refractivity contribution < 1.29 is 14.7 Å². The Morgan fingerprint density at radius 1 is 1.32 bits per heavy atom. The molecule has 0 aliphatic heterocycles. The fraction of sp³-hybridized carbons (Fsp3) is 0.714. The Kier molecular flexibility index (Phi) is 6.20. The lowest BCUT2D eigenvalue weighted by Gasteiger charge is -2.28. The number of carboxylic acid groups (broad SMARTS) is 1. The van der Waals surface area contributed by atoms with Crippen LogP contribution in [-0.4, -0.2) is 29.2 Å². The van der Waals surface area contributed by atoms with Gasteiger partial charge >= 0.3 is 12.0 Å². The molecule has 1 rings (SSSR count). The van der Waals surface area contributed by atoms with Gasteiger partial charge in [-0.25, -0.2) is 9.59 Å². The number of carboxylic acids is 1. The lowest BCUT2D eigenvalue weighted by molar-refractivity contribution is -0.141. The van der Waals surface area contributed by atoms with Crippen LogP contribution in [0.2, 0.25) is 0 Å². The van der Waals surface area contributed by atoms with Crippen LogP contribution in [0.25, 0.3) is 0 Å². The summed E-state index contributed by atoms with van der Waals surface area (Å²) >= 11 is 0. The van der Waals surface area contributed by atoms with Crippen molar-refractivity contribution >= 4 is 12.0 Å². The lowest BCUT2D eigenvalue weighted by Crippen LogP contribution is -2.52. The zero-order chi connectivity index (χ0) is 14.3. The maximum absolute atomic E-state index is 11.7. The molecule has 106 valence electrons. The molecule has 1 fully saturated rings. The smallest absolute Gasteiger partial charge is 0.326 e. The summed E-state index contributed by atoms with van der Waals surface area (Å²) in [4.78, 5) is 23.0. The van der Waals surface area contributed by atoms with E-state index in [1.165, 1.54) is 0 Å². The van der Waals surface area contributed by atoms with E-state index in [9.17, 15) is 14.7 Å². The van der Waals surface area contributed by atoms with Crippen molar-refractivity contribution in [3.63, 3.8) is 0 Å². The van der Waals surface area contributed by atoms with E-state index in [0.717, 1.165) is 32.1 Å². The Labute approximate surface area is 114 Å². The van der Waals surface area contributed by atoms with E-state index in [1.807, 2.05) is 6.92 Å². The largest absolute Gasteiger partial charge is 0.480 e. The Balaban J connectivity index is 2.55. The molecule has 0 heterocycles. The number of terminal acetylenes is 1. The number of amides is 2. The molecule has 0 bridgehead atoms. The van der Waals surface area contributed by atoms with Crippen LogP contribution in [0.1, 0.15) is 45.4 Å². The average molecular weight is 266 g/mol. The Morgan fingerprint density at radius 3 is 2.42 bits per heavy atom. The van der Waals surface area contributed by atoms with Crippen molar-refractivity contribution in [1.29, 1.82) is 0 Å². The molecule has 2 amide bonds. The Bertz CT molecular complexity index is 356. The molecule has 19 heavy (non-hydrogen) atoms. The van der Waals surface area contributed by atoms with Gasteiger partial charge in [-0.15, -0.1) is 6.42 Å². The highest BCUT2D eigenvalue weighted by Crippen LogP contribution is 2.26. The highest BCUT2D eigenvalue weighted by molar-refractivity contribution is 5.83. The molecule has 2 unspecified atom stereocenters. The zero-order valence-electron chi connectivity index (χ0n) is 11.3. The van der Waals surface area contributed by atoms with Crippen LogP contribution in [0.15, 0.2) is 0 Å². The first-order valence-corrected chi connectivity index (χ1v) is 6.84. The maximum atomic E-state index is 11.7. The number of carbonyl (C=O) groups is 2. The molecule has 0 aromatic rings. The van der Waals surface area contributed by atoms with Gasteiger partial charge in [0.2, 0.25) is 0 Å². The molecule has 5 nitrogen and oxygen atoms in total. The fourth-order valence-electron chi connectivity index (χ4n) is 2.45. The Morgan fingerprint density at radius 2 is 1.95 bits per heavy atom. The summed E-state index contributed by atoms with van der Waals surface area (Å²) in [6.45, 7) is 1.86. The molecule has 3 N–H and O–H groups in total. The van der Waals surface area contributed by atoms with Crippen LogP contribution in [0.4, 0.5) is 4.79 Å². The molecule has 0 aromatic carbocycles. The van der Waals surface area contributed by atoms with Gasteiger partial charge in [0.15, 0.2) is 0 Å². The summed E-state index contributed by atoms with van der Waals surface area (Å²) < 4.78 is 0. The second kappa shape index (κ2) is 7.67. The summed E-state index contributed by atoms with van der Waals surface area (Å²) in [5.41, 5.74) is 0. The molecule has 1 aliphatic rings. The summed E-state index contributed by atoms with van der Waals surface area (Å²) in [7, 11) is 0. The third kappa shape index (κ3) is 4.82. The van der Waals surface area contributed by atoms with Gasteiger partial charge in [0.1, 0.15) is 6.04 Å².